The Balaban J connectivity index is 1.21. The lowest BCUT2D eigenvalue weighted by atomic mass is 9.85. The van der Waals surface area contributed by atoms with E-state index >= 15 is 0 Å². The van der Waals surface area contributed by atoms with Crippen LogP contribution in [0.2, 0.25) is 0 Å². The summed E-state index contributed by atoms with van der Waals surface area (Å²) in [5.74, 6) is 4.41. The van der Waals surface area contributed by atoms with Gasteiger partial charge in [0.15, 0.2) is 34.5 Å². The molecule has 0 radical (unpaired) electrons. The van der Waals surface area contributed by atoms with Crippen molar-refractivity contribution in [1.29, 1.82) is 0 Å². The molecule has 248 valence electrons. The molecule has 0 fully saturated rings. The van der Waals surface area contributed by atoms with E-state index in [-0.39, 0.29) is 17.8 Å². The first-order chi connectivity index (χ1) is 22.7. The molecule has 6 rings (SSSR count). The highest BCUT2D eigenvalue weighted by molar-refractivity contribution is 5.56. The highest BCUT2D eigenvalue weighted by Crippen LogP contribution is 2.44. The van der Waals surface area contributed by atoms with Crippen LogP contribution in [-0.2, 0) is 25.7 Å². The molecule has 2 aliphatic rings. The maximum Gasteiger partial charge on any atom is 0.169 e. The normalized spacial score (nSPS) is 17.9. The Morgan fingerprint density at radius 1 is 0.660 bits per heavy atom. The summed E-state index contributed by atoms with van der Waals surface area (Å²) in [4.78, 5) is 4.77. The molecule has 2 atom stereocenters. The predicted molar refractivity (Wildman–Crippen MR) is 184 cm³/mol. The second-order valence-corrected chi connectivity index (χ2v) is 12.7. The minimum atomic E-state index is 0.159. The first-order valence-corrected chi connectivity index (χ1v) is 16.2. The van der Waals surface area contributed by atoms with E-state index in [4.69, 9.17) is 23.7 Å². The van der Waals surface area contributed by atoms with Gasteiger partial charge in [0.1, 0.15) is 5.75 Å². The number of methoxy groups -OCH3 is 4. The molecule has 1 N–H and O–H groups in total. The van der Waals surface area contributed by atoms with Crippen LogP contribution in [0.3, 0.4) is 0 Å². The maximum atomic E-state index is 10.5. The van der Waals surface area contributed by atoms with Gasteiger partial charge < -0.3 is 28.8 Å². The lowest BCUT2D eigenvalue weighted by Crippen LogP contribution is -2.34. The van der Waals surface area contributed by atoms with Gasteiger partial charge in [-0.25, -0.2) is 0 Å². The van der Waals surface area contributed by atoms with Gasteiger partial charge >= 0.3 is 0 Å². The summed E-state index contributed by atoms with van der Waals surface area (Å²) >= 11 is 0. The molecule has 8 nitrogen and oxygen atoms in total. The van der Waals surface area contributed by atoms with Crippen molar-refractivity contribution >= 4 is 0 Å². The van der Waals surface area contributed by atoms with Gasteiger partial charge in [0.25, 0.3) is 0 Å². The van der Waals surface area contributed by atoms with E-state index in [1.54, 1.807) is 28.4 Å². The van der Waals surface area contributed by atoms with Crippen molar-refractivity contribution in [2.45, 2.75) is 44.7 Å². The lowest BCUT2D eigenvalue weighted by Gasteiger charge is -2.37. The highest BCUT2D eigenvalue weighted by atomic mass is 16.5. The van der Waals surface area contributed by atoms with Gasteiger partial charge in [-0.1, -0.05) is 18.2 Å². The molecule has 0 aliphatic carbocycles. The quantitative estimate of drug-likeness (QED) is 0.198. The number of phenols is 1. The van der Waals surface area contributed by atoms with Gasteiger partial charge in [-0.2, -0.15) is 0 Å². The fraction of sp³-hybridized carbons (Fsp3) is 0.385. The third-order valence-electron chi connectivity index (χ3n) is 9.95. The predicted octanol–water partition coefficient (Wildman–Crippen LogP) is 7.07. The van der Waals surface area contributed by atoms with Gasteiger partial charge in [0.05, 0.1) is 28.4 Å². The Bertz CT molecular complexity index is 1740. The third-order valence-corrected chi connectivity index (χ3v) is 9.95. The monoisotopic (exact) mass is 638 g/mol. The number of likely N-dealkylation sites (N-methyl/N-ethyl adjacent to an activating group) is 2. The van der Waals surface area contributed by atoms with E-state index in [1.807, 2.05) is 30.3 Å². The van der Waals surface area contributed by atoms with Crippen LogP contribution in [-0.4, -0.2) is 70.5 Å². The molecular formula is C39H46N2O6. The molecule has 2 heterocycles. The molecule has 0 bridgehead atoms. The molecule has 47 heavy (non-hydrogen) atoms. The summed E-state index contributed by atoms with van der Waals surface area (Å²) in [6, 6.07) is 20.8. The zero-order valence-corrected chi connectivity index (χ0v) is 28.6. The number of aromatic hydroxyl groups is 1. The summed E-state index contributed by atoms with van der Waals surface area (Å²) in [7, 11) is 11.0. The molecule has 0 amide bonds. The topological polar surface area (TPSA) is 72.9 Å². The Hall–Kier alpha value is -4.40. The Labute approximate surface area is 278 Å². The smallest absolute Gasteiger partial charge is 0.169 e. The Morgan fingerprint density at radius 3 is 1.96 bits per heavy atom. The van der Waals surface area contributed by atoms with E-state index in [1.165, 1.54) is 22.3 Å². The van der Waals surface area contributed by atoms with Crippen LogP contribution in [0.15, 0.2) is 60.7 Å². The molecule has 0 spiro atoms. The van der Waals surface area contributed by atoms with Crippen molar-refractivity contribution in [1.82, 2.24) is 9.80 Å². The van der Waals surface area contributed by atoms with E-state index in [9.17, 15) is 5.11 Å². The first kappa shape index (κ1) is 32.5. The van der Waals surface area contributed by atoms with Crippen LogP contribution >= 0.6 is 0 Å². The number of nitrogens with zero attached hydrogens (tertiary/aromatic N) is 2. The second-order valence-electron chi connectivity index (χ2n) is 12.7. The zero-order chi connectivity index (χ0) is 33.2. The van der Waals surface area contributed by atoms with Crippen molar-refractivity contribution in [3.8, 4) is 40.2 Å². The summed E-state index contributed by atoms with van der Waals surface area (Å²) in [5, 5.41) is 10.5. The summed E-state index contributed by atoms with van der Waals surface area (Å²) in [6.45, 7) is 4.05. The van der Waals surface area contributed by atoms with E-state index in [0.717, 1.165) is 72.7 Å². The fourth-order valence-electron chi connectivity index (χ4n) is 7.32. The van der Waals surface area contributed by atoms with Gasteiger partial charge in [0, 0.05) is 25.2 Å². The number of hydrogen-bond acceptors (Lipinski definition) is 8. The maximum absolute atomic E-state index is 10.5. The minimum Gasteiger partial charge on any atom is -0.504 e. The van der Waals surface area contributed by atoms with Crippen LogP contribution in [0, 0.1) is 6.92 Å². The summed E-state index contributed by atoms with van der Waals surface area (Å²) in [5.41, 5.74) is 8.49. The third kappa shape index (κ3) is 6.45. The molecule has 0 unspecified atom stereocenters. The molecule has 4 aromatic carbocycles. The molecule has 8 heteroatoms. The number of hydrogen-bond donors (Lipinski definition) is 1. The Morgan fingerprint density at radius 2 is 1.28 bits per heavy atom. The van der Waals surface area contributed by atoms with Crippen LogP contribution in [0.1, 0.15) is 51.0 Å². The number of phenolic OH excluding ortho intramolecular Hbond substituents is 1. The second kappa shape index (κ2) is 13.8. The largest absolute Gasteiger partial charge is 0.504 e. The number of rotatable bonds is 10. The average molecular weight is 639 g/mol. The SMILES string of the molecule is COc1cc2c(cc1O)[C@H](Cc1ccc(Oc3cc(C[C@@H]4c5c(cc(OC)c(OC)c5C)CCN4C)ccc3OC)cc1)N(C)CC2. The van der Waals surface area contributed by atoms with Gasteiger partial charge in [-0.3, -0.25) is 9.80 Å². The van der Waals surface area contributed by atoms with Crippen molar-refractivity contribution in [3.63, 3.8) is 0 Å². The van der Waals surface area contributed by atoms with E-state index in [0.29, 0.717) is 17.2 Å². The number of fused-ring (bicyclic) bond motifs is 2. The van der Waals surface area contributed by atoms with E-state index in [2.05, 4.69) is 61.2 Å². The van der Waals surface area contributed by atoms with Crippen LogP contribution in [0.25, 0.3) is 0 Å². The standard InChI is InChI=1S/C39H46N2O6/c1-24-38-28(22-37(45-6)39(24)46-7)15-17-41(3)32(38)19-26-10-13-34(43-4)36(20-26)47-29-11-8-25(9-12-29)18-31-30-23-33(42)35(44-5)21-27(30)14-16-40(31)2/h8-13,20-23,31-32,42H,14-19H2,1-7H3/t31-,32+/m0/s1. The molecule has 0 saturated heterocycles. The van der Waals surface area contributed by atoms with Crippen LogP contribution in [0.4, 0.5) is 0 Å². The number of ether oxygens (including phenoxy) is 5. The van der Waals surface area contributed by atoms with Gasteiger partial charge in [-0.05, 0) is 128 Å². The zero-order valence-electron chi connectivity index (χ0n) is 28.6. The van der Waals surface area contributed by atoms with Crippen LogP contribution in [0.5, 0.6) is 40.2 Å². The first-order valence-electron chi connectivity index (χ1n) is 16.2. The molecule has 2 aliphatic heterocycles. The average Bonchev–Trinajstić information content (AvgIpc) is 3.08. The van der Waals surface area contributed by atoms with Crippen LogP contribution < -0.4 is 23.7 Å². The van der Waals surface area contributed by atoms with Crippen molar-refractivity contribution in [2.75, 3.05) is 55.6 Å². The fourth-order valence-corrected chi connectivity index (χ4v) is 7.32. The van der Waals surface area contributed by atoms with Crippen molar-refractivity contribution < 1.29 is 28.8 Å². The summed E-state index contributed by atoms with van der Waals surface area (Å²) in [6.07, 6.45) is 3.54. The summed E-state index contributed by atoms with van der Waals surface area (Å²) < 4.78 is 28.9. The molecule has 0 saturated carbocycles. The molecule has 0 aromatic heterocycles. The van der Waals surface area contributed by atoms with Gasteiger partial charge in [0.2, 0.25) is 0 Å². The van der Waals surface area contributed by atoms with E-state index < -0.39 is 0 Å². The van der Waals surface area contributed by atoms with Gasteiger partial charge in [-0.15, -0.1) is 0 Å². The minimum absolute atomic E-state index is 0.159. The lowest BCUT2D eigenvalue weighted by molar-refractivity contribution is 0.226. The van der Waals surface area contributed by atoms with Crippen molar-refractivity contribution in [3.05, 3.63) is 99.6 Å². The number of benzene rings is 4. The Kier molecular flexibility index (Phi) is 9.52. The molecular weight excluding hydrogens is 592 g/mol. The van der Waals surface area contributed by atoms with Crippen molar-refractivity contribution in [2.24, 2.45) is 0 Å². The highest BCUT2D eigenvalue weighted by Gasteiger charge is 2.30. The molecule has 4 aromatic rings.